The maximum absolute atomic E-state index is 10.1. The topological polar surface area (TPSA) is 55.8 Å². The minimum absolute atomic E-state index is 0.0348. The van der Waals surface area contributed by atoms with Crippen LogP contribution < -0.4 is 0 Å². The highest BCUT2D eigenvalue weighted by Crippen LogP contribution is 1.96. The first-order valence-corrected chi connectivity index (χ1v) is 3.45. The van der Waals surface area contributed by atoms with Crippen molar-refractivity contribution in [2.75, 3.05) is 20.3 Å². The third kappa shape index (κ3) is 4.89. The standard InChI is InChI=1S/C7H14O4/c1-6(3-8)5-11-7(4-9)10-2/h4,6-8H,3,5H2,1-2H3. The average Bonchev–Trinajstić information content (AvgIpc) is 2.06. The number of carbonyl (C=O) groups is 1. The van der Waals surface area contributed by atoms with Crippen molar-refractivity contribution in [3.8, 4) is 0 Å². The first-order valence-electron chi connectivity index (χ1n) is 3.45. The van der Waals surface area contributed by atoms with Gasteiger partial charge in [-0.3, -0.25) is 4.79 Å². The minimum atomic E-state index is -0.802. The lowest BCUT2D eigenvalue weighted by Gasteiger charge is -2.12. The third-order valence-corrected chi connectivity index (χ3v) is 1.20. The van der Waals surface area contributed by atoms with Gasteiger partial charge in [0.25, 0.3) is 0 Å². The first kappa shape index (κ1) is 10.6. The molecule has 0 aromatic carbocycles. The van der Waals surface area contributed by atoms with E-state index in [-0.39, 0.29) is 12.5 Å². The maximum Gasteiger partial charge on any atom is 0.214 e. The molecular formula is C7H14O4. The zero-order valence-corrected chi connectivity index (χ0v) is 6.82. The normalized spacial score (nSPS) is 15.9. The van der Waals surface area contributed by atoms with Crippen molar-refractivity contribution in [1.29, 1.82) is 0 Å². The highest BCUT2D eigenvalue weighted by atomic mass is 16.7. The Labute approximate surface area is 66.1 Å². The molecule has 1 N–H and O–H groups in total. The van der Waals surface area contributed by atoms with Gasteiger partial charge in [0.15, 0.2) is 6.29 Å². The van der Waals surface area contributed by atoms with Gasteiger partial charge in [0, 0.05) is 19.6 Å². The van der Waals surface area contributed by atoms with E-state index in [4.69, 9.17) is 9.84 Å². The quantitative estimate of drug-likeness (QED) is 0.434. The number of aliphatic hydroxyl groups is 1. The second-order valence-corrected chi connectivity index (χ2v) is 2.36. The van der Waals surface area contributed by atoms with Crippen LogP contribution in [0.2, 0.25) is 0 Å². The van der Waals surface area contributed by atoms with E-state index in [2.05, 4.69) is 4.74 Å². The van der Waals surface area contributed by atoms with E-state index in [1.807, 2.05) is 6.92 Å². The minimum Gasteiger partial charge on any atom is -0.396 e. The van der Waals surface area contributed by atoms with Crippen LogP contribution in [0.15, 0.2) is 0 Å². The zero-order chi connectivity index (χ0) is 8.69. The molecule has 0 aromatic rings. The summed E-state index contributed by atoms with van der Waals surface area (Å²) in [5.74, 6) is 0.0348. The molecule has 2 unspecified atom stereocenters. The number of aldehydes is 1. The van der Waals surface area contributed by atoms with Gasteiger partial charge >= 0.3 is 0 Å². The second-order valence-electron chi connectivity index (χ2n) is 2.36. The fourth-order valence-electron chi connectivity index (χ4n) is 0.475. The van der Waals surface area contributed by atoms with Gasteiger partial charge in [-0.05, 0) is 0 Å². The summed E-state index contributed by atoms with van der Waals surface area (Å²) >= 11 is 0. The molecule has 0 heterocycles. The van der Waals surface area contributed by atoms with Crippen molar-refractivity contribution in [1.82, 2.24) is 0 Å². The summed E-state index contributed by atoms with van der Waals surface area (Å²) in [7, 11) is 1.39. The lowest BCUT2D eigenvalue weighted by Crippen LogP contribution is -2.21. The zero-order valence-electron chi connectivity index (χ0n) is 6.82. The molecule has 0 saturated heterocycles. The molecule has 0 amide bonds. The van der Waals surface area contributed by atoms with Gasteiger partial charge < -0.3 is 14.6 Å². The predicted molar refractivity (Wildman–Crippen MR) is 39.1 cm³/mol. The molecule has 0 aliphatic heterocycles. The van der Waals surface area contributed by atoms with Gasteiger partial charge in [0.05, 0.1) is 6.61 Å². The van der Waals surface area contributed by atoms with E-state index in [0.717, 1.165) is 0 Å². The summed E-state index contributed by atoms with van der Waals surface area (Å²) in [6.45, 7) is 2.20. The summed E-state index contributed by atoms with van der Waals surface area (Å²) in [5, 5.41) is 8.58. The van der Waals surface area contributed by atoms with Gasteiger partial charge in [0.1, 0.15) is 0 Å². The van der Waals surface area contributed by atoms with Crippen LogP contribution in [-0.2, 0) is 14.3 Å². The van der Waals surface area contributed by atoms with Crippen LogP contribution >= 0.6 is 0 Å². The molecule has 0 radical (unpaired) electrons. The Bertz CT molecular complexity index is 105. The molecule has 66 valence electrons. The largest absolute Gasteiger partial charge is 0.396 e. The summed E-state index contributed by atoms with van der Waals surface area (Å²) in [6.07, 6.45) is -0.228. The number of aliphatic hydroxyl groups excluding tert-OH is 1. The molecule has 0 saturated carbocycles. The van der Waals surface area contributed by atoms with Gasteiger partial charge in [-0.2, -0.15) is 0 Å². The Kier molecular flexibility index (Phi) is 6.02. The number of hydrogen-bond acceptors (Lipinski definition) is 4. The first-order chi connectivity index (χ1) is 5.24. The van der Waals surface area contributed by atoms with Gasteiger partial charge in [-0.15, -0.1) is 0 Å². The molecular weight excluding hydrogens is 148 g/mol. The van der Waals surface area contributed by atoms with Crippen molar-refractivity contribution < 1.29 is 19.4 Å². The molecule has 11 heavy (non-hydrogen) atoms. The monoisotopic (exact) mass is 162 g/mol. The number of rotatable bonds is 6. The lowest BCUT2D eigenvalue weighted by molar-refractivity contribution is -0.153. The van der Waals surface area contributed by atoms with Gasteiger partial charge in [0.2, 0.25) is 6.29 Å². The van der Waals surface area contributed by atoms with Crippen LogP contribution in [0.4, 0.5) is 0 Å². The van der Waals surface area contributed by atoms with Crippen molar-refractivity contribution >= 4 is 6.29 Å². The number of methoxy groups -OCH3 is 1. The highest BCUT2D eigenvalue weighted by Gasteiger charge is 2.07. The number of hydrogen-bond donors (Lipinski definition) is 1. The van der Waals surface area contributed by atoms with Gasteiger partial charge in [-0.25, -0.2) is 0 Å². The molecule has 4 heteroatoms. The number of carbonyl (C=O) groups excluding carboxylic acids is 1. The van der Waals surface area contributed by atoms with Crippen molar-refractivity contribution in [3.05, 3.63) is 0 Å². The van der Waals surface area contributed by atoms with Crippen molar-refractivity contribution in [2.45, 2.75) is 13.2 Å². The Hall–Kier alpha value is -0.450. The van der Waals surface area contributed by atoms with Crippen molar-refractivity contribution in [2.24, 2.45) is 5.92 Å². The van der Waals surface area contributed by atoms with E-state index in [0.29, 0.717) is 12.9 Å². The molecule has 0 bridgehead atoms. The Morgan fingerprint density at radius 1 is 1.64 bits per heavy atom. The van der Waals surface area contributed by atoms with E-state index in [9.17, 15) is 4.79 Å². The predicted octanol–water partition coefficient (Wildman–Crippen LogP) is -0.197. The lowest BCUT2D eigenvalue weighted by atomic mass is 10.2. The molecule has 4 nitrogen and oxygen atoms in total. The molecule has 0 aliphatic rings. The van der Waals surface area contributed by atoms with Crippen LogP contribution in [0, 0.1) is 5.92 Å². The summed E-state index contributed by atoms with van der Waals surface area (Å²) in [5.41, 5.74) is 0. The molecule has 0 spiro atoms. The number of ether oxygens (including phenoxy) is 2. The fourth-order valence-corrected chi connectivity index (χ4v) is 0.475. The summed E-state index contributed by atoms with van der Waals surface area (Å²) in [6, 6.07) is 0. The molecule has 0 fully saturated rings. The molecule has 2 atom stereocenters. The van der Waals surface area contributed by atoms with E-state index >= 15 is 0 Å². The Morgan fingerprint density at radius 3 is 2.64 bits per heavy atom. The SMILES string of the molecule is COC(C=O)OCC(C)CO. The van der Waals surface area contributed by atoms with E-state index < -0.39 is 6.29 Å². The van der Waals surface area contributed by atoms with Crippen LogP contribution in [0.5, 0.6) is 0 Å². The maximum atomic E-state index is 10.1. The van der Waals surface area contributed by atoms with Crippen LogP contribution in [0.25, 0.3) is 0 Å². The van der Waals surface area contributed by atoms with Gasteiger partial charge in [-0.1, -0.05) is 6.92 Å². The third-order valence-electron chi connectivity index (χ3n) is 1.20. The molecule has 0 aliphatic carbocycles. The Morgan fingerprint density at radius 2 is 2.27 bits per heavy atom. The Balaban J connectivity index is 3.41. The second kappa shape index (κ2) is 6.27. The van der Waals surface area contributed by atoms with Crippen LogP contribution in [-0.4, -0.2) is 38.0 Å². The molecule has 0 aromatic heterocycles. The average molecular weight is 162 g/mol. The smallest absolute Gasteiger partial charge is 0.214 e. The van der Waals surface area contributed by atoms with E-state index in [1.165, 1.54) is 7.11 Å². The fraction of sp³-hybridized carbons (Fsp3) is 0.857. The van der Waals surface area contributed by atoms with Crippen molar-refractivity contribution in [3.63, 3.8) is 0 Å². The van der Waals surface area contributed by atoms with E-state index in [1.54, 1.807) is 0 Å². The van der Waals surface area contributed by atoms with Crippen LogP contribution in [0.3, 0.4) is 0 Å². The summed E-state index contributed by atoms with van der Waals surface area (Å²) < 4.78 is 9.57. The molecule has 0 rings (SSSR count). The highest BCUT2D eigenvalue weighted by molar-refractivity contribution is 5.53. The van der Waals surface area contributed by atoms with Crippen LogP contribution in [0.1, 0.15) is 6.92 Å². The summed E-state index contributed by atoms with van der Waals surface area (Å²) in [4.78, 5) is 10.1.